The van der Waals surface area contributed by atoms with E-state index >= 15 is 0 Å². The maximum Gasteiger partial charge on any atom is 0.194 e. The molecule has 49 heavy (non-hydrogen) atoms. The smallest absolute Gasteiger partial charge is 0.194 e. The van der Waals surface area contributed by atoms with Crippen LogP contribution in [0.1, 0.15) is 32.6 Å². The molecule has 0 aromatic heterocycles. The SMILES string of the molecule is COc1ccc(C(=O)[C@@H]2OC(COCc3ccccc3)[C@@H](OCc3ccccc3)C(OCc3ccccc3)C2OCc2ccccc2)cc1. The van der Waals surface area contributed by atoms with E-state index in [0.717, 1.165) is 22.3 Å². The van der Waals surface area contributed by atoms with Crippen LogP contribution in [0.15, 0.2) is 146 Å². The minimum Gasteiger partial charge on any atom is -0.497 e. The summed E-state index contributed by atoms with van der Waals surface area (Å²) in [6, 6.07) is 46.8. The maximum absolute atomic E-state index is 14.4. The van der Waals surface area contributed by atoms with Gasteiger partial charge >= 0.3 is 0 Å². The number of Topliss-reactive ketones (excluding diaryl/α,β-unsaturated/α-hetero) is 1. The second kappa shape index (κ2) is 17.7. The zero-order valence-corrected chi connectivity index (χ0v) is 27.6. The molecule has 0 N–H and O–H groups in total. The summed E-state index contributed by atoms with van der Waals surface area (Å²) < 4.78 is 38.5. The van der Waals surface area contributed by atoms with Crippen LogP contribution in [-0.4, -0.2) is 50.0 Å². The zero-order chi connectivity index (χ0) is 33.7. The summed E-state index contributed by atoms with van der Waals surface area (Å²) in [6.45, 7) is 1.43. The number of ketones is 1. The van der Waals surface area contributed by atoms with Crippen molar-refractivity contribution in [2.45, 2.75) is 56.9 Å². The van der Waals surface area contributed by atoms with Gasteiger partial charge in [0.2, 0.25) is 0 Å². The van der Waals surface area contributed by atoms with E-state index in [9.17, 15) is 4.79 Å². The third-order valence-electron chi connectivity index (χ3n) is 8.52. The van der Waals surface area contributed by atoms with Gasteiger partial charge in [-0.2, -0.15) is 0 Å². The highest BCUT2D eigenvalue weighted by Crippen LogP contribution is 2.33. The Labute approximate surface area is 288 Å². The molecule has 0 saturated carbocycles. The van der Waals surface area contributed by atoms with Crippen molar-refractivity contribution in [3.05, 3.63) is 173 Å². The molecule has 5 atom stereocenters. The van der Waals surface area contributed by atoms with Crippen molar-refractivity contribution in [3.63, 3.8) is 0 Å². The highest BCUT2D eigenvalue weighted by molar-refractivity contribution is 6.00. The summed E-state index contributed by atoms with van der Waals surface area (Å²) in [5, 5.41) is 0. The van der Waals surface area contributed by atoms with Crippen LogP contribution in [-0.2, 0) is 50.1 Å². The van der Waals surface area contributed by atoms with Crippen molar-refractivity contribution in [2.24, 2.45) is 0 Å². The van der Waals surface area contributed by atoms with Crippen molar-refractivity contribution in [1.29, 1.82) is 0 Å². The van der Waals surface area contributed by atoms with Crippen LogP contribution in [0.5, 0.6) is 5.75 Å². The van der Waals surface area contributed by atoms with E-state index in [1.54, 1.807) is 31.4 Å². The average Bonchev–Trinajstić information content (AvgIpc) is 3.17. The fraction of sp³-hybridized carbons (Fsp3) is 0.262. The molecule has 7 nitrogen and oxygen atoms in total. The first kappa shape index (κ1) is 34.2. The molecule has 1 saturated heterocycles. The molecule has 1 heterocycles. The minimum atomic E-state index is -1.00. The lowest BCUT2D eigenvalue weighted by Crippen LogP contribution is -2.63. The van der Waals surface area contributed by atoms with Crippen molar-refractivity contribution < 1.29 is 33.2 Å². The van der Waals surface area contributed by atoms with Gasteiger partial charge in [0.05, 0.1) is 40.1 Å². The van der Waals surface area contributed by atoms with Crippen LogP contribution >= 0.6 is 0 Å². The normalized spacial score (nSPS) is 20.5. The second-order valence-electron chi connectivity index (χ2n) is 12.0. The predicted molar refractivity (Wildman–Crippen MR) is 187 cm³/mol. The molecule has 7 heteroatoms. The molecule has 0 radical (unpaired) electrons. The largest absolute Gasteiger partial charge is 0.497 e. The number of carbonyl (C=O) groups is 1. The molecule has 1 aliphatic rings. The van der Waals surface area contributed by atoms with Gasteiger partial charge in [-0.25, -0.2) is 0 Å². The topological polar surface area (TPSA) is 72.5 Å². The molecule has 0 spiro atoms. The van der Waals surface area contributed by atoms with Gasteiger partial charge in [0.25, 0.3) is 0 Å². The number of ether oxygens (including phenoxy) is 6. The number of rotatable bonds is 16. The third kappa shape index (κ3) is 9.50. The van der Waals surface area contributed by atoms with E-state index in [1.165, 1.54) is 0 Å². The molecule has 1 fully saturated rings. The molecule has 1 aliphatic heterocycles. The Balaban J connectivity index is 1.35. The van der Waals surface area contributed by atoms with Crippen LogP contribution in [0.4, 0.5) is 0 Å². The van der Waals surface area contributed by atoms with Crippen molar-refractivity contribution in [1.82, 2.24) is 0 Å². The summed E-state index contributed by atoms with van der Waals surface area (Å²) >= 11 is 0. The standard InChI is InChI=1S/C42H42O7/c1-44-36-24-22-35(23-25-36)38(43)40-42(48-29-34-20-12-5-13-21-34)41(47-28-33-18-10-4-11-19-33)39(46-27-32-16-8-3-9-17-32)37(49-40)30-45-26-31-14-6-2-7-15-31/h2-25,37,39-42H,26-30H2,1H3/t37?,39-,40+,41?,42?/m1/s1. The Morgan fingerprint density at radius 1 is 0.531 bits per heavy atom. The molecule has 0 amide bonds. The van der Waals surface area contributed by atoms with Gasteiger partial charge < -0.3 is 28.4 Å². The average molecular weight is 659 g/mol. The Morgan fingerprint density at radius 3 is 1.43 bits per heavy atom. The Hall–Kier alpha value is -4.63. The first-order valence-electron chi connectivity index (χ1n) is 16.6. The Morgan fingerprint density at radius 2 is 0.959 bits per heavy atom. The highest BCUT2D eigenvalue weighted by atomic mass is 16.6. The quantitative estimate of drug-likeness (QED) is 0.101. The summed E-state index contributed by atoms with van der Waals surface area (Å²) in [6.07, 6.45) is -3.75. The van der Waals surface area contributed by atoms with Crippen LogP contribution in [0, 0.1) is 0 Å². The van der Waals surface area contributed by atoms with E-state index in [2.05, 4.69) is 0 Å². The fourth-order valence-corrected chi connectivity index (χ4v) is 5.92. The van der Waals surface area contributed by atoms with Gasteiger partial charge in [0, 0.05) is 5.56 Å². The van der Waals surface area contributed by atoms with E-state index in [1.807, 2.05) is 121 Å². The van der Waals surface area contributed by atoms with Gasteiger partial charge in [-0.3, -0.25) is 4.79 Å². The van der Waals surface area contributed by atoms with Crippen LogP contribution in [0.25, 0.3) is 0 Å². The van der Waals surface area contributed by atoms with E-state index in [-0.39, 0.29) is 19.0 Å². The third-order valence-corrected chi connectivity index (χ3v) is 8.52. The van der Waals surface area contributed by atoms with E-state index in [0.29, 0.717) is 31.1 Å². The van der Waals surface area contributed by atoms with Gasteiger partial charge in [0.1, 0.15) is 36.3 Å². The number of methoxy groups -OCH3 is 1. The second-order valence-corrected chi connectivity index (χ2v) is 12.0. The predicted octanol–water partition coefficient (Wildman–Crippen LogP) is 7.62. The number of benzene rings is 5. The van der Waals surface area contributed by atoms with Gasteiger partial charge in [-0.05, 0) is 46.5 Å². The van der Waals surface area contributed by atoms with Crippen LogP contribution in [0.3, 0.4) is 0 Å². The summed E-state index contributed by atoms with van der Waals surface area (Å²) in [7, 11) is 1.60. The van der Waals surface area contributed by atoms with Crippen LogP contribution < -0.4 is 4.74 Å². The van der Waals surface area contributed by atoms with Crippen molar-refractivity contribution >= 4 is 5.78 Å². The monoisotopic (exact) mass is 658 g/mol. The Bertz CT molecular complexity index is 1680. The fourth-order valence-electron chi connectivity index (χ4n) is 5.92. The van der Waals surface area contributed by atoms with Gasteiger partial charge in [-0.15, -0.1) is 0 Å². The molecule has 0 bridgehead atoms. The first-order valence-corrected chi connectivity index (χ1v) is 16.6. The lowest BCUT2D eigenvalue weighted by molar-refractivity contribution is -0.261. The number of carbonyl (C=O) groups excluding carboxylic acids is 1. The lowest BCUT2D eigenvalue weighted by Gasteiger charge is -2.45. The molecule has 0 aliphatic carbocycles. The van der Waals surface area contributed by atoms with Gasteiger partial charge in [0.15, 0.2) is 5.78 Å². The summed E-state index contributed by atoms with van der Waals surface area (Å²) in [5.74, 6) is 0.437. The molecule has 252 valence electrons. The number of hydrogen-bond acceptors (Lipinski definition) is 7. The van der Waals surface area contributed by atoms with Crippen LogP contribution in [0.2, 0.25) is 0 Å². The molecular formula is C42H42O7. The van der Waals surface area contributed by atoms with E-state index < -0.39 is 30.5 Å². The van der Waals surface area contributed by atoms with E-state index in [4.69, 9.17) is 28.4 Å². The summed E-state index contributed by atoms with van der Waals surface area (Å²) in [5.41, 5.74) is 4.48. The molecule has 5 aromatic rings. The molecule has 6 rings (SSSR count). The molecule has 5 aromatic carbocycles. The van der Waals surface area contributed by atoms with Crippen molar-refractivity contribution in [2.75, 3.05) is 13.7 Å². The maximum atomic E-state index is 14.4. The Kier molecular flexibility index (Phi) is 12.4. The first-order chi connectivity index (χ1) is 24.2. The minimum absolute atomic E-state index is 0.178. The zero-order valence-electron chi connectivity index (χ0n) is 27.6. The van der Waals surface area contributed by atoms with Crippen molar-refractivity contribution in [3.8, 4) is 5.75 Å². The lowest BCUT2D eigenvalue weighted by atomic mass is 9.90. The molecule has 3 unspecified atom stereocenters. The number of hydrogen-bond donors (Lipinski definition) is 0. The summed E-state index contributed by atoms with van der Waals surface area (Å²) in [4.78, 5) is 14.4. The highest BCUT2D eigenvalue weighted by Gasteiger charge is 2.51. The molecular weight excluding hydrogens is 616 g/mol. The van der Waals surface area contributed by atoms with Gasteiger partial charge in [-0.1, -0.05) is 121 Å².